The van der Waals surface area contributed by atoms with E-state index in [2.05, 4.69) is 9.71 Å². The number of amidine groups is 1. The van der Waals surface area contributed by atoms with Crippen molar-refractivity contribution < 1.29 is 22.7 Å². The number of hydrogen-bond donors (Lipinski definition) is 1. The number of nitrogens with zero attached hydrogens (tertiary/aromatic N) is 2. The van der Waals surface area contributed by atoms with E-state index in [1.165, 1.54) is 17.0 Å². The van der Waals surface area contributed by atoms with Crippen LogP contribution >= 0.6 is 11.8 Å². The number of rotatable bonds is 9. The van der Waals surface area contributed by atoms with Crippen molar-refractivity contribution in [3.8, 4) is 0 Å². The summed E-state index contributed by atoms with van der Waals surface area (Å²) in [6.45, 7) is 0.659. The highest BCUT2D eigenvalue weighted by Crippen LogP contribution is 2.31. The second-order valence-electron chi connectivity index (χ2n) is 6.72. The summed E-state index contributed by atoms with van der Waals surface area (Å²) in [4.78, 5) is 26.7. The number of methoxy groups -OCH3 is 1. The molecule has 164 valence electrons. The molecule has 31 heavy (non-hydrogen) atoms. The van der Waals surface area contributed by atoms with Crippen LogP contribution in [0.25, 0.3) is 0 Å². The summed E-state index contributed by atoms with van der Waals surface area (Å²) in [5, 5.41) is 2.06. The number of benzene rings is 2. The summed E-state index contributed by atoms with van der Waals surface area (Å²) in [7, 11) is -2.44. The van der Waals surface area contributed by atoms with Crippen molar-refractivity contribution in [2.24, 2.45) is 4.40 Å². The molecule has 1 atom stereocenters. The van der Waals surface area contributed by atoms with Gasteiger partial charge in [0.25, 0.3) is 10.0 Å². The zero-order valence-corrected chi connectivity index (χ0v) is 18.6. The maximum absolute atomic E-state index is 12.9. The largest absolute Gasteiger partial charge is 0.385 e. The molecule has 0 aromatic heterocycles. The molecule has 1 saturated heterocycles. The molecule has 0 bridgehead atoms. The SMILES string of the molecule is COCCCN1C(=O)[C@H](CC(=O)Nc2ccccc2)SC1=NS(=O)(=O)c1ccccc1. The van der Waals surface area contributed by atoms with Crippen molar-refractivity contribution in [2.75, 3.05) is 25.6 Å². The first-order valence-corrected chi connectivity index (χ1v) is 11.9. The van der Waals surface area contributed by atoms with Crippen LogP contribution in [0.3, 0.4) is 0 Å². The number of carbonyl (C=O) groups is 2. The number of thioether (sulfide) groups is 1. The molecule has 3 rings (SSSR count). The fraction of sp³-hybridized carbons (Fsp3) is 0.286. The van der Waals surface area contributed by atoms with Gasteiger partial charge in [-0.05, 0) is 30.7 Å². The lowest BCUT2D eigenvalue weighted by Crippen LogP contribution is -2.35. The second kappa shape index (κ2) is 10.6. The van der Waals surface area contributed by atoms with Crippen molar-refractivity contribution in [1.29, 1.82) is 0 Å². The molecule has 1 heterocycles. The minimum Gasteiger partial charge on any atom is -0.385 e. The van der Waals surface area contributed by atoms with Gasteiger partial charge in [0.2, 0.25) is 11.8 Å². The average Bonchev–Trinajstić information content (AvgIpc) is 3.03. The first-order valence-electron chi connectivity index (χ1n) is 9.62. The third-order valence-electron chi connectivity index (χ3n) is 4.42. The van der Waals surface area contributed by atoms with Gasteiger partial charge in [0, 0.05) is 32.4 Å². The molecule has 1 aliphatic rings. The summed E-state index contributed by atoms with van der Waals surface area (Å²) in [5.74, 6) is -0.674. The first-order chi connectivity index (χ1) is 14.9. The molecule has 1 aliphatic heterocycles. The van der Waals surface area contributed by atoms with Gasteiger partial charge in [-0.25, -0.2) is 0 Å². The summed E-state index contributed by atoms with van der Waals surface area (Å²) in [5.41, 5.74) is 0.625. The Kier molecular flexibility index (Phi) is 7.83. The van der Waals surface area contributed by atoms with Crippen LogP contribution in [0.15, 0.2) is 70.0 Å². The molecule has 10 heteroatoms. The predicted molar refractivity (Wildman–Crippen MR) is 120 cm³/mol. The van der Waals surface area contributed by atoms with E-state index in [1.807, 2.05) is 6.07 Å². The molecular weight excluding hydrogens is 438 g/mol. The summed E-state index contributed by atoms with van der Waals surface area (Å²) < 4.78 is 34.3. The smallest absolute Gasteiger partial charge is 0.284 e. The van der Waals surface area contributed by atoms with Gasteiger partial charge in [-0.15, -0.1) is 4.40 Å². The Hall–Kier alpha value is -2.69. The van der Waals surface area contributed by atoms with E-state index < -0.39 is 15.3 Å². The predicted octanol–water partition coefficient (Wildman–Crippen LogP) is 2.74. The van der Waals surface area contributed by atoms with Crippen LogP contribution in [0.2, 0.25) is 0 Å². The highest BCUT2D eigenvalue weighted by atomic mass is 32.2. The van der Waals surface area contributed by atoms with Crippen molar-refractivity contribution in [1.82, 2.24) is 4.90 Å². The Morgan fingerprint density at radius 2 is 1.77 bits per heavy atom. The molecule has 0 aliphatic carbocycles. The van der Waals surface area contributed by atoms with Crippen LogP contribution in [0.5, 0.6) is 0 Å². The lowest BCUT2D eigenvalue weighted by atomic mass is 10.2. The molecule has 2 aromatic rings. The molecule has 0 unspecified atom stereocenters. The van der Waals surface area contributed by atoms with Crippen LogP contribution in [-0.2, 0) is 24.3 Å². The normalized spacial score (nSPS) is 17.8. The van der Waals surface area contributed by atoms with Crippen LogP contribution in [0, 0.1) is 0 Å². The lowest BCUT2D eigenvalue weighted by molar-refractivity contribution is -0.128. The zero-order chi connectivity index (χ0) is 22.3. The van der Waals surface area contributed by atoms with E-state index in [-0.39, 0.29) is 34.8 Å². The highest BCUT2D eigenvalue weighted by molar-refractivity contribution is 8.16. The Bertz CT molecular complexity index is 1040. The first kappa shape index (κ1) is 23.0. The Labute approximate surface area is 185 Å². The van der Waals surface area contributed by atoms with Gasteiger partial charge in [-0.1, -0.05) is 48.2 Å². The zero-order valence-electron chi connectivity index (χ0n) is 16.9. The lowest BCUT2D eigenvalue weighted by Gasteiger charge is -2.16. The monoisotopic (exact) mass is 461 g/mol. The minimum atomic E-state index is -3.99. The molecule has 1 N–H and O–H groups in total. The van der Waals surface area contributed by atoms with Crippen molar-refractivity contribution in [3.63, 3.8) is 0 Å². The average molecular weight is 462 g/mol. The van der Waals surface area contributed by atoms with Crippen molar-refractivity contribution in [3.05, 3.63) is 60.7 Å². The number of hydrogen-bond acceptors (Lipinski definition) is 6. The van der Waals surface area contributed by atoms with Gasteiger partial charge in [0.05, 0.1) is 4.90 Å². The molecular formula is C21H23N3O5S2. The molecule has 8 nitrogen and oxygen atoms in total. The topological polar surface area (TPSA) is 105 Å². The maximum atomic E-state index is 12.9. The summed E-state index contributed by atoms with van der Waals surface area (Å²) in [6.07, 6.45) is 0.416. The van der Waals surface area contributed by atoms with Crippen molar-refractivity contribution >= 4 is 44.5 Å². The van der Waals surface area contributed by atoms with E-state index in [1.54, 1.807) is 49.6 Å². The van der Waals surface area contributed by atoms with Gasteiger partial charge < -0.3 is 10.1 Å². The summed E-state index contributed by atoms with van der Waals surface area (Å²) >= 11 is 0.991. The number of anilines is 1. The molecule has 2 aromatic carbocycles. The van der Waals surface area contributed by atoms with Crippen LogP contribution in [0.1, 0.15) is 12.8 Å². The van der Waals surface area contributed by atoms with Gasteiger partial charge in [0.15, 0.2) is 5.17 Å². The number of para-hydroxylation sites is 1. The van der Waals surface area contributed by atoms with Crippen LogP contribution in [-0.4, -0.2) is 55.8 Å². The fourth-order valence-corrected chi connectivity index (χ4v) is 5.33. The highest BCUT2D eigenvalue weighted by Gasteiger charge is 2.40. The van der Waals surface area contributed by atoms with E-state index in [4.69, 9.17) is 4.74 Å². The Balaban J connectivity index is 1.78. The van der Waals surface area contributed by atoms with E-state index in [0.29, 0.717) is 18.7 Å². The van der Waals surface area contributed by atoms with Gasteiger partial charge in [-0.3, -0.25) is 14.5 Å². The fourth-order valence-electron chi connectivity index (χ4n) is 2.93. The molecule has 2 amide bonds. The number of amides is 2. The third-order valence-corrected chi connectivity index (χ3v) is 6.99. The molecule has 1 fully saturated rings. The van der Waals surface area contributed by atoms with Gasteiger partial charge in [0.1, 0.15) is 5.25 Å². The van der Waals surface area contributed by atoms with Crippen molar-refractivity contribution in [2.45, 2.75) is 23.0 Å². The minimum absolute atomic E-state index is 0.0395. The quantitative estimate of drug-likeness (QED) is 0.576. The number of ether oxygens (including phenoxy) is 1. The van der Waals surface area contributed by atoms with Crippen LogP contribution in [0.4, 0.5) is 5.69 Å². The van der Waals surface area contributed by atoms with E-state index in [9.17, 15) is 18.0 Å². The number of carbonyl (C=O) groups excluding carboxylic acids is 2. The Morgan fingerprint density at radius 1 is 1.13 bits per heavy atom. The van der Waals surface area contributed by atoms with Gasteiger partial charge in [-0.2, -0.15) is 8.42 Å². The molecule has 0 spiro atoms. The van der Waals surface area contributed by atoms with Crippen LogP contribution < -0.4 is 5.32 Å². The molecule has 0 saturated carbocycles. The summed E-state index contributed by atoms with van der Waals surface area (Å²) in [6, 6.07) is 16.7. The number of nitrogens with one attached hydrogen (secondary N) is 1. The Morgan fingerprint density at radius 3 is 2.42 bits per heavy atom. The standard InChI is InChI=1S/C21H23N3O5S2/c1-29-14-8-13-24-20(26)18(15-19(25)22-16-9-4-2-5-10-16)30-21(24)23-31(27,28)17-11-6-3-7-12-17/h2-7,9-12,18H,8,13-15H2,1H3,(H,22,25)/t18-/m0/s1. The second-order valence-corrected chi connectivity index (χ2v) is 9.50. The maximum Gasteiger partial charge on any atom is 0.284 e. The van der Waals surface area contributed by atoms with E-state index in [0.717, 1.165) is 11.8 Å². The molecule has 0 radical (unpaired) electrons. The van der Waals surface area contributed by atoms with E-state index >= 15 is 0 Å². The third kappa shape index (κ3) is 6.16. The number of sulfonamides is 1. The van der Waals surface area contributed by atoms with Gasteiger partial charge >= 0.3 is 0 Å².